The molecule has 0 saturated carbocycles. The average molecular weight is 1470 g/mol. The minimum Gasteiger partial charge on any atom is -0.508 e. The zero-order valence-electron chi connectivity index (χ0n) is 56.5. The van der Waals surface area contributed by atoms with Crippen LogP contribution in [0, 0.1) is 17.8 Å². The van der Waals surface area contributed by atoms with Crippen LogP contribution in [0.4, 0.5) is 51.2 Å². The number of H-pyrrole nitrogens is 2. The number of carbonyl (C=O) groups is 3. The molecule has 0 radical (unpaired) electrons. The molecular formula is C89H83Cl3N8O6+2. The number of phenolic OH excluding ortho intramolecular Hbond substituents is 2. The van der Waals surface area contributed by atoms with Gasteiger partial charge in [0.25, 0.3) is 0 Å². The second kappa shape index (κ2) is 32.9. The largest absolute Gasteiger partial charge is 0.508 e. The van der Waals surface area contributed by atoms with E-state index in [9.17, 15) is 29.4 Å². The molecule has 0 fully saturated rings. The molecule has 17 heteroatoms. The van der Waals surface area contributed by atoms with E-state index in [1.54, 1.807) is 65.2 Å². The lowest BCUT2D eigenvalue weighted by Crippen LogP contribution is -2.36. The number of aromatic hydroxyl groups is 2. The molecule has 3 aliphatic heterocycles. The molecule has 14 nitrogen and oxygen atoms in total. The fourth-order valence-electron chi connectivity index (χ4n) is 14.0. The predicted octanol–water partition coefficient (Wildman–Crippen LogP) is 20.5. The van der Waals surface area contributed by atoms with E-state index in [2.05, 4.69) is 93.7 Å². The highest BCUT2D eigenvalue weighted by Crippen LogP contribution is 2.43. The molecule has 16 rings (SSSR count). The van der Waals surface area contributed by atoms with Gasteiger partial charge in [-0.1, -0.05) is 209 Å². The Hall–Kier alpha value is -11.8. The lowest BCUT2D eigenvalue weighted by atomic mass is 9.92. The van der Waals surface area contributed by atoms with Crippen LogP contribution in [0.5, 0.6) is 11.5 Å². The number of anilines is 5. The molecule has 4 N–H and O–H groups in total. The summed E-state index contributed by atoms with van der Waals surface area (Å²) in [6.45, 7) is 0.508. The third kappa shape index (κ3) is 16.1. The van der Waals surface area contributed by atoms with E-state index in [0.717, 1.165) is 95.6 Å². The summed E-state index contributed by atoms with van der Waals surface area (Å²) < 4.78 is 4.00. The van der Waals surface area contributed by atoms with Gasteiger partial charge >= 0.3 is 5.69 Å². The molecule has 0 saturated heterocycles. The SMILES string of the molecule is C.C.C.CN1C(=O)C(Cc2ccc3ccccc3c2)CN(c2ccc(O)cc2)c2cc(Cl)ccc21.CN1C(=O)C(Cc2ccccc2-c2ccccc2)C=[N+](c2ccc(O)cc2)c2cc(Cl)ccc21.CN1C(=O)C(Cc2ccccc2-c2ccccc2)C=[N+](c2ccc3[nH]c(=O)[nH]c3c2)c2cc(Cl)ccc21. The van der Waals surface area contributed by atoms with Gasteiger partial charge in [0.05, 0.1) is 28.3 Å². The van der Waals surface area contributed by atoms with E-state index in [1.165, 1.54) is 10.8 Å². The lowest BCUT2D eigenvalue weighted by molar-refractivity contribution is -0.122. The van der Waals surface area contributed by atoms with E-state index in [0.29, 0.717) is 46.4 Å². The van der Waals surface area contributed by atoms with E-state index < -0.39 is 11.8 Å². The summed E-state index contributed by atoms with van der Waals surface area (Å²) in [6, 6.07) is 87.8. The zero-order chi connectivity index (χ0) is 71.4. The highest BCUT2D eigenvalue weighted by Gasteiger charge is 2.38. The summed E-state index contributed by atoms with van der Waals surface area (Å²) in [6.07, 6.45) is 5.63. The summed E-state index contributed by atoms with van der Waals surface area (Å²) in [4.78, 5) is 65.7. The number of nitrogens with zero attached hydrogens (tertiary/aromatic N) is 6. The minimum atomic E-state index is -0.443. The second-order valence-corrected chi connectivity index (χ2v) is 27.1. The van der Waals surface area contributed by atoms with Crippen molar-refractivity contribution in [2.75, 3.05) is 47.3 Å². The summed E-state index contributed by atoms with van der Waals surface area (Å²) in [7, 11) is 5.43. The molecule has 13 aromatic rings. The van der Waals surface area contributed by atoms with Gasteiger partial charge in [-0.25, -0.2) is 4.79 Å². The first-order valence-electron chi connectivity index (χ1n) is 33.8. The van der Waals surface area contributed by atoms with Gasteiger partial charge in [-0.3, -0.25) is 14.4 Å². The number of halogens is 3. The quantitative estimate of drug-likeness (QED) is 0.0938. The standard InChI is InChI=1S/C30H23ClN4O2.C29H23ClN2O2.C27H23ClN2O2.3CH4/c1-34-27-14-11-22(31)16-28(27)35(23-12-13-25-26(17-23)33-30(37)32-25)18-21(29(34)36)15-20-9-5-6-10-24(20)19-7-3-2-4-8-19;1-31-27-16-11-23(30)18-28(27)32(24-12-14-25(33)15-13-24)19-22(29(31)34)17-21-9-5-6-10-26(21)20-7-3-2-4-8-20;1-29-25-13-8-22(28)16-26(25)30(23-9-11-24(31)12-10-23)17-21(27(29)32)15-18-6-7-19-4-2-3-5-20(19)14-18;;;/h2-14,16-18,21H,15H2,1H3,(H-,32,33,37);2-16,18-19,22H,17H2,1H3;2-14,16,21,31H,15,17H2,1H3;3*1H4/p+2. The number of phenols is 2. The molecule has 534 valence electrons. The number of rotatable bonds is 11. The molecule has 3 atom stereocenters. The van der Waals surface area contributed by atoms with Crippen molar-refractivity contribution in [3.8, 4) is 33.8 Å². The number of amides is 3. The fourth-order valence-corrected chi connectivity index (χ4v) is 14.5. The highest BCUT2D eigenvalue weighted by atomic mass is 35.5. The monoisotopic (exact) mass is 1460 g/mol. The van der Waals surface area contributed by atoms with Gasteiger partial charge in [-0.15, -0.1) is 0 Å². The van der Waals surface area contributed by atoms with Crippen molar-refractivity contribution in [1.82, 2.24) is 19.1 Å². The van der Waals surface area contributed by atoms with Crippen LogP contribution in [0.2, 0.25) is 15.1 Å². The number of nitrogens with one attached hydrogen (secondary N) is 2. The van der Waals surface area contributed by atoms with E-state index in [1.807, 2.05) is 186 Å². The Labute approximate surface area is 633 Å². The van der Waals surface area contributed by atoms with Crippen LogP contribution in [0.25, 0.3) is 44.1 Å². The van der Waals surface area contributed by atoms with Crippen LogP contribution in [0.1, 0.15) is 39.0 Å². The number of aromatic nitrogens is 2. The summed E-state index contributed by atoms with van der Waals surface area (Å²) in [5, 5.41) is 23.7. The van der Waals surface area contributed by atoms with Gasteiger partial charge in [-0.05, 0) is 154 Å². The number of imidazole rings is 1. The van der Waals surface area contributed by atoms with Gasteiger partial charge in [-0.2, -0.15) is 9.15 Å². The third-order valence-corrected chi connectivity index (χ3v) is 19.9. The maximum atomic E-state index is 13.8. The van der Waals surface area contributed by atoms with Gasteiger partial charge < -0.3 is 39.8 Å². The van der Waals surface area contributed by atoms with Crippen molar-refractivity contribution < 1.29 is 24.6 Å². The van der Waals surface area contributed by atoms with Crippen LogP contribution >= 0.6 is 34.8 Å². The van der Waals surface area contributed by atoms with Crippen LogP contribution in [-0.4, -0.2) is 78.0 Å². The van der Waals surface area contributed by atoms with Crippen LogP contribution < -0.4 is 34.4 Å². The average Bonchev–Trinajstić information content (AvgIpc) is 1.63. The van der Waals surface area contributed by atoms with E-state index in [4.69, 9.17) is 34.8 Å². The maximum absolute atomic E-state index is 13.8. The van der Waals surface area contributed by atoms with Gasteiger partial charge in [0.15, 0.2) is 12.4 Å². The van der Waals surface area contributed by atoms with Crippen molar-refractivity contribution in [2.24, 2.45) is 17.8 Å². The zero-order valence-corrected chi connectivity index (χ0v) is 58.8. The smallest absolute Gasteiger partial charge is 0.323 e. The van der Waals surface area contributed by atoms with E-state index in [-0.39, 0.29) is 63.1 Å². The normalized spacial score (nSPS) is 15.2. The second-order valence-electron chi connectivity index (χ2n) is 25.8. The van der Waals surface area contributed by atoms with Crippen molar-refractivity contribution in [1.29, 1.82) is 0 Å². The summed E-state index contributed by atoms with van der Waals surface area (Å²) >= 11 is 19.1. The van der Waals surface area contributed by atoms with Crippen molar-refractivity contribution >= 4 is 138 Å². The fraction of sp³-hybridized carbons (Fsp3) is 0.146. The molecule has 3 unspecified atom stereocenters. The van der Waals surface area contributed by atoms with Gasteiger partial charge in [0.1, 0.15) is 34.7 Å². The number of hydrogen-bond acceptors (Lipinski definition) is 7. The Bertz CT molecular complexity index is 5490. The summed E-state index contributed by atoms with van der Waals surface area (Å²) in [5.41, 5.74) is 16.3. The first-order chi connectivity index (χ1) is 50.0. The highest BCUT2D eigenvalue weighted by molar-refractivity contribution is 6.32. The summed E-state index contributed by atoms with van der Waals surface area (Å²) in [5.74, 6) is -0.638. The minimum absolute atomic E-state index is 0. The Morgan fingerprint density at radius 1 is 0.406 bits per heavy atom. The number of aromatic amines is 2. The van der Waals surface area contributed by atoms with Crippen LogP contribution in [0.15, 0.2) is 278 Å². The topological polar surface area (TPSA) is 159 Å². The molecule has 3 aliphatic rings. The van der Waals surface area contributed by atoms with Crippen LogP contribution in [-0.2, 0) is 33.6 Å². The maximum Gasteiger partial charge on any atom is 0.323 e. The number of fused-ring (bicyclic) bond motifs is 5. The lowest BCUT2D eigenvalue weighted by Gasteiger charge is -2.27. The first kappa shape index (κ1) is 75.4. The molecule has 1 aromatic heterocycles. The molecule has 106 heavy (non-hydrogen) atoms. The van der Waals surface area contributed by atoms with Gasteiger partial charge in [0.2, 0.25) is 40.5 Å². The third-order valence-electron chi connectivity index (χ3n) is 19.2. The van der Waals surface area contributed by atoms with Crippen molar-refractivity contribution in [2.45, 2.75) is 41.5 Å². The molecule has 0 spiro atoms. The molecular weight excluding hydrogens is 1380 g/mol. The molecule has 0 bridgehead atoms. The van der Waals surface area contributed by atoms with Crippen LogP contribution in [0.3, 0.4) is 0 Å². The number of carbonyl (C=O) groups excluding carboxylic acids is 3. The Morgan fingerprint density at radius 2 is 0.858 bits per heavy atom. The molecule has 4 heterocycles. The Kier molecular flexibility index (Phi) is 23.4. The molecule has 3 amide bonds. The van der Waals surface area contributed by atoms with Gasteiger partial charge in [0, 0.05) is 84.8 Å². The predicted molar refractivity (Wildman–Crippen MR) is 441 cm³/mol. The number of benzene rings is 12. The van der Waals surface area contributed by atoms with Crippen molar-refractivity contribution in [3.63, 3.8) is 0 Å². The Morgan fingerprint density at radius 3 is 1.42 bits per heavy atom. The first-order valence-corrected chi connectivity index (χ1v) is 34.9. The Balaban J connectivity index is 0.000000157. The number of hydrogen-bond donors (Lipinski definition) is 4. The molecule has 12 aromatic carbocycles. The van der Waals surface area contributed by atoms with E-state index >= 15 is 0 Å². The molecule has 0 aliphatic carbocycles. The van der Waals surface area contributed by atoms with Crippen molar-refractivity contribution in [3.05, 3.63) is 315 Å².